The van der Waals surface area contributed by atoms with Crippen LogP contribution in [0.1, 0.15) is 10.4 Å². The van der Waals surface area contributed by atoms with Crippen LogP contribution in [-0.4, -0.2) is 24.7 Å². The molecule has 0 aromatic heterocycles. The van der Waals surface area contributed by atoms with Gasteiger partial charge in [0.25, 0.3) is 5.91 Å². The van der Waals surface area contributed by atoms with Crippen molar-refractivity contribution in [3.8, 4) is 11.5 Å². The molecule has 5 nitrogen and oxygen atoms in total. The minimum atomic E-state index is -2.96. The van der Waals surface area contributed by atoms with Gasteiger partial charge >= 0.3 is 6.61 Å². The van der Waals surface area contributed by atoms with Gasteiger partial charge in [-0.1, -0.05) is 12.1 Å². The molecule has 0 saturated heterocycles. The van der Waals surface area contributed by atoms with E-state index in [1.807, 2.05) is 0 Å². The lowest BCUT2D eigenvalue weighted by atomic mass is 10.2. The number of hydrogen-bond acceptors (Lipinski definition) is 4. The molecule has 0 bridgehead atoms. The molecule has 0 spiro atoms. The Morgan fingerprint density at radius 2 is 1.79 bits per heavy atom. The van der Waals surface area contributed by atoms with Crippen LogP contribution in [0.15, 0.2) is 48.5 Å². The second-order valence-electron chi connectivity index (χ2n) is 4.51. The first kappa shape index (κ1) is 17.6. The molecule has 0 radical (unpaired) electrons. The van der Waals surface area contributed by atoms with Gasteiger partial charge in [-0.2, -0.15) is 8.78 Å². The first-order valence-corrected chi connectivity index (χ1v) is 7.20. The maximum absolute atomic E-state index is 12.4. The van der Waals surface area contributed by atoms with Crippen molar-refractivity contribution < 1.29 is 23.0 Å². The largest absolute Gasteiger partial charge is 0.497 e. The molecule has 0 saturated carbocycles. The van der Waals surface area contributed by atoms with Gasteiger partial charge in [0, 0.05) is 5.56 Å². The van der Waals surface area contributed by atoms with E-state index in [0.29, 0.717) is 11.3 Å². The molecule has 0 atom stereocenters. The molecule has 1 amide bonds. The SMILES string of the molecule is COc1ccc(C(=O)NC(=S)Nc2ccccc2OC(F)F)cc1. The number of alkyl halides is 2. The van der Waals surface area contributed by atoms with Gasteiger partial charge in [-0.15, -0.1) is 0 Å². The number of anilines is 1. The van der Waals surface area contributed by atoms with Crippen molar-refractivity contribution in [2.24, 2.45) is 0 Å². The third-order valence-electron chi connectivity index (χ3n) is 2.93. The number of carbonyl (C=O) groups excluding carboxylic acids is 1. The summed E-state index contributed by atoms with van der Waals surface area (Å²) < 4.78 is 34.1. The monoisotopic (exact) mass is 352 g/mol. The van der Waals surface area contributed by atoms with Gasteiger partial charge in [0.05, 0.1) is 12.8 Å². The molecule has 2 aromatic carbocycles. The third kappa shape index (κ3) is 4.88. The fraction of sp³-hybridized carbons (Fsp3) is 0.125. The topological polar surface area (TPSA) is 59.6 Å². The minimum absolute atomic E-state index is 0.0406. The summed E-state index contributed by atoms with van der Waals surface area (Å²) in [6, 6.07) is 12.5. The van der Waals surface area contributed by atoms with Crippen molar-refractivity contribution in [2.75, 3.05) is 12.4 Å². The molecule has 126 valence electrons. The van der Waals surface area contributed by atoms with E-state index in [2.05, 4.69) is 15.4 Å². The van der Waals surface area contributed by atoms with Crippen LogP contribution in [0.2, 0.25) is 0 Å². The Bertz CT molecular complexity index is 724. The number of hydrogen-bond donors (Lipinski definition) is 2. The number of rotatable bonds is 5. The highest BCUT2D eigenvalue weighted by Crippen LogP contribution is 2.25. The lowest BCUT2D eigenvalue weighted by Crippen LogP contribution is -2.34. The summed E-state index contributed by atoms with van der Waals surface area (Å²) >= 11 is 5.02. The zero-order valence-corrected chi connectivity index (χ0v) is 13.4. The van der Waals surface area contributed by atoms with Gasteiger partial charge in [-0.3, -0.25) is 10.1 Å². The average Bonchev–Trinajstić information content (AvgIpc) is 2.56. The van der Waals surface area contributed by atoms with Gasteiger partial charge < -0.3 is 14.8 Å². The zero-order valence-electron chi connectivity index (χ0n) is 12.6. The average molecular weight is 352 g/mol. The molecule has 2 rings (SSSR count). The van der Waals surface area contributed by atoms with Gasteiger partial charge in [0.2, 0.25) is 0 Å². The smallest absolute Gasteiger partial charge is 0.387 e. The van der Waals surface area contributed by atoms with Crippen molar-refractivity contribution in [1.82, 2.24) is 5.32 Å². The highest BCUT2D eigenvalue weighted by Gasteiger charge is 2.12. The number of halogens is 2. The van der Waals surface area contributed by atoms with E-state index < -0.39 is 12.5 Å². The Morgan fingerprint density at radius 1 is 1.12 bits per heavy atom. The maximum atomic E-state index is 12.4. The standard InChI is InChI=1S/C16H14F2N2O3S/c1-22-11-8-6-10(7-9-11)14(21)20-16(24)19-12-4-2-3-5-13(12)23-15(17)18/h2-9,15H,1H3,(H2,19,20,21,24). The van der Waals surface area contributed by atoms with Crippen molar-refractivity contribution in [3.63, 3.8) is 0 Å². The Kier molecular flexibility index (Phi) is 6.02. The van der Waals surface area contributed by atoms with Crippen LogP contribution >= 0.6 is 12.2 Å². The van der Waals surface area contributed by atoms with Crippen molar-refractivity contribution in [2.45, 2.75) is 6.61 Å². The number of benzene rings is 2. The Morgan fingerprint density at radius 3 is 2.42 bits per heavy atom. The summed E-state index contributed by atoms with van der Waals surface area (Å²) in [5, 5.41) is 5.08. The highest BCUT2D eigenvalue weighted by atomic mass is 32.1. The summed E-state index contributed by atoms with van der Waals surface area (Å²) in [6.45, 7) is -2.96. The molecule has 2 aromatic rings. The van der Waals surface area contributed by atoms with E-state index in [-0.39, 0.29) is 16.5 Å². The van der Waals surface area contributed by atoms with E-state index in [1.165, 1.54) is 19.2 Å². The van der Waals surface area contributed by atoms with E-state index >= 15 is 0 Å². The molecular weight excluding hydrogens is 338 g/mol. The number of para-hydroxylation sites is 2. The molecule has 0 aliphatic rings. The van der Waals surface area contributed by atoms with Crippen molar-refractivity contribution >= 4 is 28.9 Å². The normalized spacial score (nSPS) is 10.2. The van der Waals surface area contributed by atoms with Gasteiger partial charge in [-0.25, -0.2) is 0 Å². The molecule has 0 aliphatic heterocycles. The Balaban J connectivity index is 2.01. The summed E-state index contributed by atoms with van der Waals surface area (Å²) in [4.78, 5) is 12.1. The molecule has 2 N–H and O–H groups in total. The maximum Gasteiger partial charge on any atom is 0.387 e. The predicted molar refractivity (Wildman–Crippen MR) is 89.8 cm³/mol. The summed E-state index contributed by atoms with van der Waals surface area (Å²) in [5.41, 5.74) is 0.592. The predicted octanol–water partition coefficient (Wildman–Crippen LogP) is 3.42. The van der Waals surface area contributed by atoms with Crippen molar-refractivity contribution in [1.29, 1.82) is 0 Å². The highest BCUT2D eigenvalue weighted by molar-refractivity contribution is 7.80. The van der Waals surface area contributed by atoms with E-state index in [0.717, 1.165) is 0 Å². The first-order chi connectivity index (χ1) is 11.5. The number of thiocarbonyl (C=S) groups is 1. The van der Waals surface area contributed by atoms with Crippen LogP contribution in [0.3, 0.4) is 0 Å². The third-order valence-corrected chi connectivity index (χ3v) is 3.13. The molecule has 0 heterocycles. The molecule has 0 unspecified atom stereocenters. The second-order valence-corrected chi connectivity index (χ2v) is 4.92. The van der Waals surface area contributed by atoms with Crippen LogP contribution in [0.4, 0.5) is 14.5 Å². The number of carbonyl (C=O) groups is 1. The van der Waals surface area contributed by atoms with E-state index in [1.54, 1.807) is 36.4 Å². The summed E-state index contributed by atoms with van der Waals surface area (Å²) in [6.07, 6.45) is 0. The second kappa shape index (κ2) is 8.21. The Hall–Kier alpha value is -2.74. The van der Waals surface area contributed by atoms with Gasteiger partial charge in [0.1, 0.15) is 11.5 Å². The fourth-order valence-corrected chi connectivity index (χ4v) is 2.04. The summed E-state index contributed by atoms with van der Waals surface area (Å²) in [7, 11) is 1.52. The van der Waals surface area contributed by atoms with Crippen LogP contribution in [0, 0.1) is 0 Å². The van der Waals surface area contributed by atoms with Crippen LogP contribution in [-0.2, 0) is 0 Å². The van der Waals surface area contributed by atoms with Crippen LogP contribution < -0.4 is 20.1 Å². The van der Waals surface area contributed by atoms with Gasteiger partial charge in [-0.05, 0) is 48.6 Å². The fourth-order valence-electron chi connectivity index (χ4n) is 1.84. The molecule has 8 heteroatoms. The number of methoxy groups -OCH3 is 1. The quantitative estimate of drug-likeness (QED) is 0.808. The lowest BCUT2D eigenvalue weighted by Gasteiger charge is -2.13. The minimum Gasteiger partial charge on any atom is -0.497 e. The van der Waals surface area contributed by atoms with E-state index in [9.17, 15) is 13.6 Å². The van der Waals surface area contributed by atoms with E-state index in [4.69, 9.17) is 17.0 Å². The summed E-state index contributed by atoms with van der Waals surface area (Å²) in [5.74, 6) is 0.0984. The lowest BCUT2D eigenvalue weighted by molar-refractivity contribution is -0.0493. The number of nitrogens with one attached hydrogen (secondary N) is 2. The zero-order chi connectivity index (χ0) is 17.5. The van der Waals surface area contributed by atoms with Gasteiger partial charge in [0.15, 0.2) is 5.11 Å². The molecule has 0 aliphatic carbocycles. The Labute approximate surface area is 142 Å². The number of ether oxygens (including phenoxy) is 2. The molecule has 24 heavy (non-hydrogen) atoms. The molecular formula is C16H14F2N2O3S. The van der Waals surface area contributed by atoms with Crippen LogP contribution in [0.5, 0.6) is 11.5 Å². The first-order valence-electron chi connectivity index (χ1n) is 6.80. The molecule has 0 fully saturated rings. The number of amides is 1. The van der Waals surface area contributed by atoms with Crippen LogP contribution in [0.25, 0.3) is 0 Å². The van der Waals surface area contributed by atoms with Crippen molar-refractivity contribution in [3.05, 3.63) is 54.1 Å².